The molecule has 1 unspecified atom stereocenters. The molecular formula is C23H19FN6O4S. The Morgan fingerprint density at radius 3 is 2.83 bits per heavy atom. The Balaban J connectivity index is 1.48. The lowest BCUT2D eigenvalue weighted by Gasteiger charge is -2.27. The van der Waals surface area contributed by atoms with E-state index in [0.29, 0.717) is 33.2 Å². The Morgan fingerprint density at radius 1 is 1.26 bits per heavy atom. The summed E-state index contributed by atoms with van der Waals surface area (Å²) in [5.74, 6) is -0.282. The van der Waals surface area contributed by atoms with Gasteiger partial charge < -0.3 is 19.8 Å². The summed E-state index contributed by atoms with van der Waals surface area (Å²) in [6.07, 6.45) is 4.49. The molecule has 0 radical (unpaired) electrons. The van der Waals surface area contributed by atoms with Crippen molar-refractivity contribution in [3.05, 3.63) is 78.0 Å². The van der Waals surface area contributed by atoms with Gasteiger partial charge in [0.1, 0.15) is 29.0 Å². The fourth-order valence-corrected chi connectivity index (χ4v) is 4.63. The molecule has 3 aromatic heterocycles. The highest BCUT2D eigenvalue weighted by atomic mass is 32.2. The molecule has 0 saturated carbocycles. The highest BCUT2D eigenvalue weighted by molar-refractivity contribution is 7.99. The summed E-state index contributed by atoms with van der Waals surface area (Å²) >= 11 is 1.30. The molecule has 1 atom stereocenters. The molecule has 1 aromatic carbocycles. The van der Waals surface area contributed by atoms with Gasteiger partial charge in [0, 0.05) is 11.4 Å². The summed E-state index contributed by atoms with van der Waals surface area (Å²) in [7, 11) is 0. The van der Waals surface area contributed by atoms with Crippen LogP contribution in [-0.2, 0) is 9.53 Å². The Bertz CT molecular complexity index is 1420. The number of nitrogens with zero attached hydrogens (tertiary/aromatic N) is 4. The lowest BCUT2D eigenvalue weighted by molar-refractivity contribution is -0.139. The average Bonchev–Trinajstić information content (AvgIpc) is 3.54. The van der Waals surface area contributed by atoms with E-state index in [1.807, 2.05) is 0 Å². The third-order valence-corrected chi connectivity index (χ3v) is 6.26. The van der Waals surface area contributed by atoms with E-state index in [-0.39, 0.29) is 23.8 Å². The van der Waals surface area contributed by atoms with Crippen molar-refractivity contribution in [3.8, 4) is 5.69 Å². The van der Waals surface area contributed by atoms with Crippen LogP contribution in [0.2, 0.25) is 0 Å². The van der Waals surface area contributed by atoms with Gasteiger partial charge in [0.25, 0.3) is 0 Å². The van der Waals surface area contributed by atoms with Crippen molar-refractivity contribution in [1.82, 2.24) is 30.4 Å². The van der Waals surface area contributed by atoms with Crippen molar-refractivity contribution in [2.75, 3.05) is 12.4 Å². The minimum Gasteiger partial charge on any atom is -0.467 e. The predicted octanol–water partition coefficient (Wildman–Crippen LogP) is 3.51. The monoisotopic (exact) mass is 494 g/mol. The van der Waals surface area contributed by atoms with E-state index in [1.165, 1.54) is 36.5 Å². The van der Waals surface area contributed by atoms with Crippen molar-refractivity contribution >= 4 is 34.8 Å². The van der Waals surface area contributed by atoms with Crippen LogP contribution in [-0.4, -0.2) is 44.1 Å². The van der Waals surface area contributed by atoms with Crippen LogP contribution in [0.15, 0.2) is 75.9 Å². The molecule has 1 aliphatic rings. The third kappa shape index (κ3) is 4.47. The fourth-order valence-electron chi connectivity index (χ4n) is 3.70. The number of ether oxygens (including phenoxy) is 1. The van der Waals surface area contributed by atoms with Crippen molar-refractivity contribution in [2.45, 2.75) is 18.0 Å². The lowest BCUT2D eigenvalue weighted by atomic mass is 10.0. The normalized spacial score (nSPS) is 15.7. The minimum absolute atomic E-state index is 0.177. The van der Waals surface area contributed by atoms with Crippen molar-refractivity contribution < 1.29 is 23.1 Å². The average molecular weight is 495 g/mol. The molecule has 10 nitrogen and oxygen atoms in total. The number of hydrogen-bond donors (Lipinski definition) is 2. The Morgan fingerprint density at radius 2 is 2.09 bits per heavy atom. The van der Waals surface area contributed by atoms with Gasteiger partial charge in [-0.2, -0.15) is 5.10 Å². The summed E-state index contributed by atoms with van der Waals surface area (Å²) < 4.78 is 25.6. The minimum atomic E-state index is -0.792. The smallest absolute Gasteiger partial charge is 0.338 e. The van der Waals surface area contributed by atoms with Crippen LogP contribution in [0.3, 0.4) is 0 Å². The summed E-state index contributed by atoms with van der Waals surface area (Å²) in [6, 6.07) is 8.00. The molecule has 4 aromatic rings. The summed E-state index contributed by atoms with van der Waals surface area (Å²) in [4.78, 5) is 33.9. The molecule has 0 aliphatic carbocycles. The first kappa shape index (κ1) is 22.6. The zero-order valence-corrected chi connectivity index (χ0v) is 19.2. The molecular weight excluding hydrogens is 475 g/mol. The maximum Gasteiger partial charge on any atom is 0.338 e. The van der Waals surface area contributed by atoms with Crippen LogP contribution in [0, 0.1) is 5.82 Å². The van der Waals surface area contributed by atoms with E-state index in [0.717, 1.165) is 0 Å². The number of rotatable bonds is 7. The van der Waals surface area contributed by atoms with E-state index < -0.39 is 18.0 Å². The van der Waals surface area contributed by atoms with Gasteiger partial charge in [-0.25, -0.2) is 28.6 Å². The zero-order chi connectivity index (χ0) is 24.4. The second kappa shape index (κ2) is 9.58. The maximum absolute atomic E-state index is 13.3. The van der Waals surface area contributed by atoms with Gasteiger partial charge in [-0.05, 0) is 43.3 Å². The Kier molecular flexibility index (Phi) is 6.19. The summed E-state index contributed by atoms with van der Waals surface area (Å²) in [5, 5.41) is 11.1. The molecule has 178 valence electrons. The van der Waals surface area contributed by atoms with Gasteiger partial charge in [-0.3, -0.25) is 0 Å². The molecule has 4 heterocycles. The number of thioether (sulfide) groups is 1. The number of carbonyl (C=O) groups is 2. The van der Waals surface area contributed by atoms with Gasteiger partial charge in [0.05, 0.1) is 35.7 Å². The topological polar surface area (TPSA) is 124 Å². The van der Waals surface area contributed by atoms with E-state index in [2.05, 4.69) is 25.7 Å². The molecule has 0 fully saturated rings. The third-order valence-electron chi connectivity index (χ3n) is 5.23. The van der Waals surface area contributed by atoms with Gasteiger partial charge in [0.2, 0.25) is 0 Å². The number of furan rings is 1. The first-order valence-corrected chi connectivity index (χ1v) is 11.6. The van der Waals surface area contributed by atoms with E-state index in [1.54, 1.807) is 42.1 Å². The fraction of sp³-hybridized carbons (Fsp3) is 0.174. The predicted molar refractivity (Wildman–Crippen MR) is 124 cm³/mol. The zero-order valence-electron chi connectivity index (χ0n) is 18.4. The number of halogens is 1. The van der Waals surface area contributed by atoms with Crippen LogP contribution in [0.5, 0.6) is 0 Å². The van der Waals surface area contributed by atoms with Crippen LogP contribution in [0.25, 0.3) is 16.7 Å². The number of urea groups is 1. The number of amides is 2. The lowest BCUT2D eigenvalue weighted by Crippen LogP contribution is -2.46. The number of esters is 1. The second-order valence-corrected chi connectivity index (χ2v) is 8.36. The van der Waals surface area contributed by atoms with Crippen LogP contribution >= 0.6 is 11.8 Å². The van der Waals surface area contributed by atoms with E-state index in [9.17, 15) is 14.0 Å². The number of nitrogens with one attached hydrogen (secondary N) is 2. The highest BCUT2D eigenvalue weighted by Crippen LogP contribution is 2.32. The number of fused-ring (bicyclic) bond motifs is 1. The van der Waals surface area contributed by atoms with E-state index >= 15 is 0 Å². The SMILES string of the molecule is CCOC(=O)C1=C(CSc2ncnc3c2cnn3-c2ccc(F)cc2)NC(=O)NC1c1ccco1. The van der Waals surface area contributed by atoms with Crippen molar-refractivity contribution in [3.63, 3.8) is 0 Å². The van der Waals surface area contributed by atoms with Gasteiger partial charge in [0.15, 0.2) is 5.65 Å². The first-order valence-electron chi connectivity index (χ1n) is 10.6. The van der Waals surface area contributed by atoms with Crippen LogP contribution in [0.1, 0.15) is 18.7 Å². The summed E-state index contributed by atoms with van der Waals surface area (Å²) in [6.45, 7) is 1.89. The van der Waals surface area contributed by atoms with Crippen molar-refractivity contribution in [2.24, 2.45) is 0 Å². The second-order valence-electron chi connectivity index (χ2n) is 7.40. The summed E-state index contributed by atoms with van der Waals surface area (Å²) in [5.41, 5.74) is 1.82. The largest absolute Gasteiger partial charge is 0.467 e. The molecule has 2 N–H and O–H groups in total. The Hall–Kier alpha value is -4.19. The van der Waals surface area contributed by atoms with Gasteiger partial charge >= 0.3 is 12.0 Å². The quantitative estimate of drug-likeness (QED) is 0.227. The first-order chi connectivity index (χ1) is 17.0. The number of hydrogen-bond acceptors (Lipinski definition) is 8. The molecule has 35 heavy (non-hydrogen) atoms. The number of aromatic nitrogens is 4. The molecule has 12 heteroatoms. The van der Waals surface area contributed by atoms with Crippen molar-refractivity contribution in [1.29, 1.82) is 0 Å². The molecule has 0 saturated heterocycles. The standard InChI is InChI=1S/C23H19FN6O4S/c1-2-33-22(31)18-16(28-23(32)29-19(18)17-4-3-9-34-17)11-35-21-15-10-27-30(20(15)25-12-26-21)14-7-5-13(24)6-8-14/h3-10,12,19H,2,11H2,1H3,(H2,28,29,32). The van der Waals surface area contributed by atoms with Crippen LogP contribution in [0.4, 0.5) is 9.18 Å². The molecule has 2 amide bonds. The molecule has 5 rings (SSSR count). The highest BCUT2D eigenvalue weighted by Gasteiger charge is 2.35. The maximum atomic E-state index is 13.3. The molecule has 0 bridgehead atoms. The van der Waals surface area contributed by atoms with E-state index in [4.69, 9.17) is 9.15 Å². The van der Waals surface area contributed by atoms with Crippen LogP contribution < -0.4 is 10.6 Å². The number of benzene rings is 1. The molecule has 1 aliphatic heterocycles. The Labute approximate surface area is 202 Å². The van der Waals surface area contributed by atoms with Gasteiger partial charge in [-0.1, -0.05) is 11.8 Å². The number of carbonyl (C=O) groups excluding carboxylic acids is 2. The molecule has 0 spiro atoms. The van der Waals surface area contributed by atoms with Gasteiger partial charge in [-0.15, -0.1) is 0 Å².